The summed E-state index contributed by atoms with van der Waals surface area (Å²) in [6, 6.07) is 12.8. The first-order valence-electron chi connectivity index (χ1n) is 6.51. The van der Waals surface area contributed by atoms with Gasteiger partial charge in [0.2, 0.25) is 0 Å². The van der Waals surface area contributed by atoms with Gasteiger partial charge in [-0.25, -0.2) is 4.39 Å². The van der Waals surface area contributed by atoms with Crippen molar-refractivity contribution in [3.63, 3.8) is 0 Å². The van der Waals surface area contributed by atoms with Crippen LogP contribution in [0, 0.1) is 5.82 Å². The Morgan fingerprint density at radius 1 is 1.24 bits per heavy atom. The maximum Gasteiger partial charge on any atom is 0.254 e. The average molecular weight is 308 g/mol. The molecule has 5 heteroatoms. The minimum atomic E-state index is -0.684. The maximum atomic E-state index is 13.7. The zero-order valence-corrected chi connectivity index (χ0v) is 12.0. The van der Waals surface area contributed by atoms with Crippen LogP contribution in [0.15, 0.2) is 48.5 Å². The van der Waals surface area contributed by atoms with Crippen LogP contribution in [0.1, 0.15) is 15.9 Å². The van der Waals surface area contributed by atoms with E-state index in [4.69, 9.17) is 11.6 Å². The van der Waals surface area contributed by atoms with Gasteiger partial charge in [0, 0.05) is 5.02 Å². The molecule has 0 bridgehead atoms. The smallest absolute Gasteiger partial charge is 0.254 e. The van der Waals surface area contributed by atoms with Crippen LogP contribution in [-0.2, 0) is 6.42 Å². The highest BCUT2D eigenvalue weighted by Crippen LogP contribution is 2.15. The molecule has 0 aliphatic rings. The summed E-state index contributed by atoms with van der Waals surface area (Å²) in [7, 11) is 0. The molecular weight excluding hydrogens is 293 g/mol. The van der Waals surface area contributed by atoms with E-state index in [1.807, 2.05) is 30.3 Å². The lowest BCUT2D eigenvalue weighted by atomic mass is 10.1. The molecule has 0 fully saturated rings. The molecule has 0 heterocycles. The second kappa shape index (κ2) is 7.20. The lowest BCUT2D eigenvalue weighted by molar-refractivity contribution is 0.0912. The summed E-state index contributed by atoms with van der Waals surface area (Å²) in [5.41, 5.74) is 0.888. The number of carbonyl (C=O) groups excluding carboxylic acids is 1. The first-order valence-corrected chi connectivity index (χ1v) is 6.88. The SMILES string of the molecule is O=C(NC(CO)Cc1ccccc1)c1ccc(Cl)cc1F. The molecule has 2 aromatic carbocycles. The van der Waals surface area contributed by atoms with Gasteiger partial charge in [0.1, 0.15) is 5.82 Å². The largest absolute Gasteiger partial charge is 0.394 e. The van der Waals surface area contributed by atoms with Crippen molar-refractivity contribution in [3.8, 4) is 0 Å². The van der Waals surface area contributed by atoms with Gasteiger partial charge in [0.05, 0.1) is 18.2 Å². The van der Waals surface area contributed by atoms with Crippen LogP contribution in [0.3, 0.4) is 0 Å². The number of hydrogen-bond acceptors (Lipinski definition) is 2. The number of carbonyl (C=O) groups is 1. The number of rotatable bonds is 5. The Morgan fingerprint density at radius 3 is 2.57 bits per heavy atom. The van der Waals surface area contributed by atoms with E-state index < -0.39 is 17.8 Å². The van der Waals surface area contributed by atoms with Crippen LogP contribution in [0.2, 0.25) is 5.02 Å². The summed E-state index contributed by atoms with van der Waals surface area (Å²) in [4.78, 5) is 12.0. The van der Waals surface area contributed by atoms with Crippen LogP contribution >= 0.6 is 11.6 Å². The van der Waals surface area contributed by atoms with Crippen molar-refractivity contribution in [1.29, 1.82) is 0 Å². The molecule has 0 radical (unpaired) electrons. The highest BCUT2D eigenvalue weighted by Gasteiger charge is 2.16. The molecule has 0 aromatic heterocycles. The van der Waals surface area contributed by atoms with E-state index >= 15 is 0 Å². The molecule has 0 saturated heterocycles. The number of aliphatic hydroxyl groups excluding tert-OH is 1. The van der Waals surface area contributed by atoms with E-state index in [9.17, 15) is 14.3 Å². The highest BCUT2D eigenvalue weighted by molar-refractivity contribution is 6.30. The summed E-state index contributed by atoms with van der Waals surface area (Å²) in [6.45, 7) is -0.226. The fourth-order valence-corrected chi connectivity index (χ4v) is 2.16. The lowest BCUT2D eigenvalue weighted by Gasteiger charge is -2.16. The summed E-state index contributed by atoms with van der Waals surface area (Å²) in [6.07, 6.45) is 0.471. The molecule has 2 rings (SSSR count). The van der Waals surface area contributed by atoms with Crippen LogP contribution in [0.25, 0.3) is 0 Å². The molecule has 1 atom stereocenters. The number of halogens is 2. The number of hydrogen-bond donors (Lipinski definition) is 2. The van der Waals surface area contributed by atoms with Crippen LogP contribution < -0.4 is 5.32 Å². The van der Waals surface area contributed by atoms with E-state index in [2.05, 4.69) is 5.32 Å². The van der Waals surface area contributed by atoms with E-state index in [0.29, 0.717) is 6.42 Å². The Labute approximate surface area is 127 Å². The molecule has 1 unspecified atom stereocenters. The monoisotopic (exact) mass is 307 g/mol. The Bertz CT molecular complexity index is 619. The summed E-state index contributed by atoms with van der Waals surface area (Å²) in [5.74, 6) is -1.25. The predicted molar refractivity (Wildman–Crippen MR) is 79.9 cm³/mol. The maximum absolute atomic E-state index is 13.7. The molecule has 21 heavy (non-hydrogen) atoms. The first kappa shape index (κ1) is 15.5. The van der Waals surface area contributed by atoms with E-state index in [1.54, 1.807) is 0 Å². The Kier molecular flexibility index (Phi) is 5.31. The van der Waals surface area contributed by atoms with Gasteiger partial charge in [-0.2, -0.15) is 0 Å². The van der Waals surface area contributed by atoms with Gasteiger partial charge in [-0.1, -0.05) is 41.9 Å². The molecule has 0 aliphatic heterocycles. The molecule has 2 N–H and O–H groups in total. The summed E-state index contributed by atoms with van der Waals surface area (Å²) in [5, 5.41) is 12.2. The Morgan fingerprint density at radius 2 is 1.95 bits per heavy atom. The van der Waals surface area contributed by atoms with Crippen molar-refractivity contribution < 1.29 is 14.3 Å². The quantitative estimate of drug-likeness (QED) is 0.892. The fraction of sp³-hybridized carbons (Fsp3) is 0.188. The molecule has 0 aliphatic carbocycles. The third-order valence-electron chi connectivity index (χ3n) is 3.06. The Hall–Kier alpha value is -1.91. The molecule has 1 amide bonds. The lowest BCUT2D eigenvalue weighted by Crippen LogP contribution is -2.39. The number of nitrogens with one attached hydrogen (secondary N) is 1. The highest BCUT2D eigenvalue weighted by atomic mass is 35.5. The summed E-state index contributed by atoms with van der Waals surface area (Å²) >= 11 is 5.65. The van der Waals surface area contributed by atoms with Crippen molar-refractivity contribution >= 4 is 17.5 Å². The standard InChI is InChI=1S/C16H15ClFNO2/c17-12-6-7-14(15(18)9-12)16(21)19-13(10-20)8-11-4-2-1-3-5-11/h1-7,9,13,20H,8,10H2,(H,19,21). The molecule has 2 aromatic rings. The molecular formula is C16H15ClFNO2. The van der Waals surface area contributed by atoms with Crippen molar-refractivity contribution in [3.05, 3.63) is 70.5 Å². The van der Waals surface area contributed by atoms with Crippen LogP contribution in [0.4, 0.5) is 4.39 Å². The van der Waals surface area contributed by atoms with Crippen molar-refractivity contribution in [2.45, 2.75) is 12.5 Å². The minimum Gasteiger partial charge on any atom is -0.394 e. The van der Waals surface area contributed by atoms with Crippen molar-refractivity contribution in [2.24, 2.45) is 0 Å². The molecule has 0 spiro atoms. The van der Waals surface area contributed by atoms with Crippen LogP contribution in [-0.4, -0.2) is 23.7 Å². The summed E-state index contributed by atoms with van der Waals surface area (Å²) < 4.78 is 13.7. The zero-order chi connectivity index (χ0) is 15.2. The second-order valence-electron chi connectivity index (χ2n) is 4.67. The van der Waals surface area contributed by atoms with Gasteiger partial charge in [0.25, 0.3) is 5.91 Å². The van der Waals surface area contributed by atoms with Gasteiger partial charge in [-0.15, -0.1) is 0 Å². The van der Waals surface area contributed by atoms with Crippen LogP contribution in [0.5, 0.6) is 0 Å². The van der Waals surface area contributed by atoms with Gasteiger partial charge in [-0.3, -0.25) is 4.79 Å². The minimum absolute atomic E-state index is 0.0917. The molecule has 110 valence electrons. The second-order valence-corrected chi connectivity index (χ2v) is 5.10. The predicted octanol–water partition coefficient (Wildman–Crippen LogP) is 2.81. The first-order chi connectivity index (χ1) is 10.1. The van der Waals surface area contributed by atoms with Gasteiger partial charge < -0.3 is 10.4 Å². The van der Waals surface area contributed by atoms with E-state index in [0.717, 1.165) is 11.6 Å². The van der Waals surface area contributed by atoms with Gasteiger partial charge in [0.15, 0.2) is 0 Å². The van der Waals surface area contributed by atoms with Crippen molar-refractivity contribution in [1.82, 2.24) is 5.32 Å². The number of amides is 1. The van der Waals surface area contributed by atoms with E-state index in [1.165, 1.54) is 12.1 Å². The zero-order valence-electron chi connectivity index (χ0n) is 11.2. The topological polar surface area (TPSA) is 49.3 Å². The molecule has 3 nitrogen and oxygen atoms in total. The van der Waals surface area contributed by atoms with Crippen molar-refractivity contribution in [2.75, 3.05) is 6.61 Å². The number of aliphatic hydroxyl groups is 1. The average Bonchev–Trinajstić information content (AvgIpc) is 2.47. The normalized spacial score (nSPS) is 12.0. The third-order valence-corrected chi connectivity index (χ3v) is 3.29. The fourth-order valence-electron chi connectivity index (χ4n) is 2.00. The van der Waals surface area contributed by atoms with E-state index in [-0.39, 0.29) is 17.2 Å². The number of benzene rings is 2. The Balaban J connectivity index is 2.06. The third kappa shape index (κ3) is 4.28. The van der Waals surface area contributed by atoms with Gasteiger partial charge in [-0.05, 0) is 30.2 Å². The molecule has 0 saturated carbocycles. The van der Waals surface area contributed by atoms with Gasteiger partial charge >= 0.3 is 0 Å².